The third-order valence-corrected chi connectivity index (χ3v) is 8.94. The van der Waals surface area contributed by atoms with Crippen molar-refractivity contribution >= 4 is 59.9 Å². The quantitative estimate of drug-likeness (QED) is 0.511. The second kappa shape index (κ2) is 9.49. The molecule has 0 bridgehead atoms. The number of nitrogens with zero attached hydrogens (tertiary/aromatic N) is 2. The van der Waals surface area contributed by atoms with Crippen molar-refractivity contribution < 1.29 is 9.53 Å². The molecular weight excluding hydrogens is 398 g/mol. The van der Waals surface area contributed by atoms with Gasteiger partial charge in [-0.3, -0.25) is 4.79 Å². The molecule has 1 N–H and O–H groups in total. The van der Waals surface area contributed by atoms with Crippen LogP contribution in [0.2, 0.25) is 0 Å². The van der Waals surface area contributed by atoms with E-state index in [0.717, 1.165) is 65.4 Å². The second-order valence-corrected chi connectivity index (χ2v) is 10.7. The molecule has 2 fully saturated rings. The minimum Gasteiger partial charge on any atom is -0.378 e. The average molecular weight is 424 g/mol. The number of benzene rings is 1. The highest BCUT2D eigenvalue weighted by molar-refractivity contribution is 8.77. The molecule has 2 aromatic rings. The minimum atomic E-state index is 0.112. The van der Waals surface area contributed by atoms with Gasteiger partial charge in [0.05, 0.1) is 23.4 Å². The maximum Gasteiger partial charge on any atom is 0.224 e. The van der Waals surface area contributed by atoms with Crippen molar-refractivity contribution in [1.82, 2.24) is 4.98 Å². The number of anilines is 2. The van der Waals surface area contributed by atoms with Crippen LogP contribution in [0.4, 0.5) is 10.8 Å². The van der Waals surface area contributed by atoms with Gasteiger partial charge >= 0.3 is 0 Å². The van der Waals surface area contributed by atoms with Crippen LogP contribution >= 0.6 is 32.9 Å². The molecule has 8 heteroatoms. The molecule has 0 aliphatic carbocycles. The van der Waals surface area contributed by atoms with Crippen molar-refractivity contribution in [2.45, 2.75) is 37.4 Å². The Morgan fingerprint density at radius 3 is 3.00 bits per heavy atom. The van der Waals surface area contributed by atoms with Crippen molar-refractivity contribution in [3.8, 4) is 0 Å². The first-order valence-electron chi connectivity index (χ1n) is 9.59. The van der Waals surface area contributed by atoms with Gasteiger partial charge in [0.25, 0.3) is 0 Å². The third-order valence-electron chi connectivity index (χ3n) is 4.85. The number of hydrogen-bond donors (Lipinski definition) is 1. The van der Waals surface area contributed by atoms with Crippen molar-refractivity contribution in [3.05, 3.63) is 18.2 Å². The van der Waals surface area contributed by atoms with E-state index in [1.165, 1.54) is 18.6 Å². The molecular formula is C19H25N3O2S3. The van der Waals surface area contributed by atoms with E-state index in [2.05, 4.69) is 10.2 Å². The Morgan fingerprint density at radius 1 is 1.30 bits per heavy atom. The molecule has 146 valence electrons. The summed E-state index contributed by atoms with van der Waals surface area (Å²) in [6, 6.07) is 6.00. The fourth-order valence-corrected chi connectivity index (χ4v) is 7.41. The summed E-state index contributed by atoms with van der Waals surface area (Å²) in [5.41, 5.74) is 1.86. The molecule has 1 aromatic heterocycles. The monoisotopic (exact) mass is 423 g/mol. The van der Waals surface area contributed by atoms with Gasteiger partial charge in [0.15, 0.2) is 5.13 Å². The molecule has 2 aliphatic rings. The number of ether oxygens (including phenoxy) is 1. The zero-order valence-electron chi connectivity index (χ0n) is 15.3. The number of rotatable bonds is 7. The van der Waals surface area contributed by atoms with Gasteiger partial charge in [0, 0.05) is 36.2 Å². The van der Waals surface area contributed by atoms with Gasteiger partial charge < -0.3 is 15.0 Å². The van der Waals surface area contributed by atoms with E-state index in [1.807, 2.05) is 39.8 Å². The Bertz CT molecular complexity index is 771. The first-order chi connectivity index (χ1) is 13.3. The fourth-order valence-electron chi connectivity index (χ4n) is 3.33. The Morgan fingerprint density at radius 2 is 2.19 bits per heavy atom. The van der Waals surface area contributed by atoms with E-state index in [1.54, 1.807) is 11.3 Å². The summed E-state index contributed by atoms with van der Waals surface area (Å²) in [6.07, 6.45) is 5.27. The average Bonchev–Trinajstić information content (AvgIpc) is 3.35. The standard InChI is InChI=1S/C19H25N3O2S3/c23-18(4-2-1-3-15-7-12-25-27-15)20-14-5-6-16-17(13-14)26-19(21-16)22-8-10-24-11-9-22/h5-6,13,15H,1-4,7-12H2,(H,20,23). The summed E-state index contributed by atoms with van der Waals surface area (Å²) in [5, 5.41) is 4.89. The van der Waals surface area contributed by atoms with Crippen molar-refractivity contribution in [2.75, 3.05) is 42.3 Å². The van der Waals surface area contributed by atoms with E-state index >= 15 is 0 Å². The number of morpholine rings is 1. The number of unbranched alkanes of at least 4 members (excludes halogenated alkanes) is 1. The summed E-state index contributed by atoms with van der Waals surface area (Å²) >= 11 is 1.68. The number of thiazole rings is 1. The first kappa shape index (κ1) is 19.4. The Balaban J connectivity index is 1.28. The number of amides is 1. The highest BCUT2D eigenvalue weighted by atomic mass is 33.1. The highest BCUT2D eigenvalue weighted by Crippen LogP contribution is 2.40. The van der Waals surface area contributed by atoms with Crippen LogP contribution in [0.15, 0.2) is 18.2 Å². The molecule has 0 saturated carbocycles. The fraction of sp³-hybridized carbons (Fsp3) is 0.579. The van der Waals surface area contributed by atoms with Crippen LogP contribution in [0.1, 0.15) is 32.1 Å². The lowest BCUT2D eigenvalue weighted by atomic mass is 10.1. The van der Waals surface area contributed by atoms with E-state index in [4.69, 9.17) is 9.72 Å². The number of fused-ring (bicyclic) bond motifs is 1. The molecule has 1 amide bonds. The van der Waals surface area contributed by atoms with Gasteiger partial charge in [0.2, 0.25) is 5.91 Å². The molecule has 5 nitrogen and oxygen atoms in total. The molecule has 4 rings (SSSR count). The molecule has 0 radical (unpaired) electrons. The third kappa shape index (κ3) is 5.31. The van der Waals surface area contributed by atoms with E-state index < -0.39 is 0 Å². The van der Waals surface area contributed by atoms with Gasteiger partial charge in [0.1, 0.15) is 0 Å². The summed E-state index contributed by atoms with van der Waals surface area (Å²) in [7, 11) is 4.00. The van der Waals surface area contributed by atoms with Crippen LogP contribution in [-0.4, -0.2) is 48.2 Å². The number of carbonyl (C=O) groups excluding carboxylic acids is 1. The van der Waals surface area contributed by atoms with Crippen LogP contribution in [0, 0.1) is 0 Å². The van der Waals surface area contributed by atoms with Crippen LogP contribution in [0.5, 0.6) is 0 Å². The molecule has 1 unspecified atom stereocenters. The van der Waals surface area contributed by atoms with Crippen molar-refractivity contribution in [3.63, 3.8) is 0 Å². The highest BCUT2D eigenvalue weighted by Gasteiger charge is 2.17. The smallest absolute Gasteiger partial charge is 0.224 e. The maximum absolute atomic E-state index is 12.2. The van der Waals surface area contributed by atoms with E-state index in [-0.39, 0.29) is 5.91 Å². The van der Waals surface area contributed by atoms with E-state index in [0.29, 0.717) is 6.42 Å². The van der Waals surface area contributed by atoms with Crippen LogP contribution < -0.4 is 10.2 Å². The summed E-state index contributed by atoms with van der Waals surface area (Å²) in [6.45, 7) is 3.30. The van der Waals surface area contributed by atoms with Crippen LogP contribution in [0.3, 0.4) is 0 Å². The second-order valence-electron chi connectivity index (χ2n) is 6.90. The lowest BCUT2D eigenvalue weighted by molar-refractivity contribution is -0.116. The van der Waals surface area contributed by atoms with Crippen molar-refractivity contribution in [1.29, 1.82) is 0 Å². The molecule has 3 heterocycles. The molecule has 0 spiro atoms. The number of hydrogen-bond acceptors (Lipinski definition) is 7. The first-order valence-corrected chi connectivity index (χ1v) is 12.8. The number of carbonyl (C=O) groups is 1. The topological polar surface area (TPSA) is 54.5 Å². The number of aromatic nitrogens is 1. The minimum absolute atomic E-state index is 0.112. The Kier molecular flexibility index (Phi) is 6.81. The lowest BCUT2D eigenvalue weighted by Gasteiger charge is -2.25. The Labute approximate surface area is 172 Å². The lowest BCUT2D eigenvalue weighted by Crippen LogP contribution is -2.36. The van der Waals surface area contributed by atoms with Crippen molar-refractivity contribution in [2.24, 2.45) is 0 Å². The van der Waals surface area contributed by atoms with Crippen LogP contribution in [0.25, 0.3) is 10.2 Å². The number of nitrogens with one attached hydrogen (secondary N) is 1. The maximum atomic E-state index is 12.2. The summed E-state index contributed by atoms with van der Waals surface area (Å²) < 4.78 is 6.53. The summed E-state index contributed by atoms with van der Waals surface area (Å²) in [4.78, 5) is 19.2. The predicted octanol–water partition coefficient (Wildman–Crippen LogP) is 4.79. The Hall–Kier alpha value is -0.960. The van der Waals surface area contributed by atoms with Gasteiger partial charge in [-0.2, -0.15) is 0 Å². The van der Waals surface area contributed by atoms with Gasteiger partial charge in [-0.25, -0.2) is 4.98 Å². The largest absolute Gasteiger partial charge is 0.378 e. The van der Waals surface area contributed by atoms with E-state index in [9.17, 15) is 4.79 Å². The van der Waals surface area contributed by atoms with Gasteiger partial charge in [-0.15, -0.1) is 0 Å². The normalized spacial score (nSPS) is 20.3. The van der Waals surface area contributed by atoms with Crippen LogP contribution in [-0.2, 0) is 9.53 Å². The molecule has 2 saturated heterocycles. The molecule has 1 atom stereocenters. The zero-order chi connectivity index (χ0) is 18.5. The predicted molar refractivity (Wildman–Crippen MR) is 118 cm³/mol. The zero-order valence-corrected chi connectivity index (χ0v) is 17.8. The van der Waals surface area contributed by atoms with Gasteiger partial charge in [-0.05, 0) is 37.5 Å². The molecule has 27 heavy (non-hydrogen) atoms. The summed E-state index contributed by atoms with van der Waals surface area (Å²) in [5.74, 6) is 1.39. The SMILES string of the molecule is O=C(CCCCC1CCSS1)Nc1ccc2nc(N3CCOCC3)sc2c1. The van der Waals surface area contributed by atoms with Gasteiger partial charge in [-0.1, -0.05) is 39.3 Å². The molecule has 2 aliphatic heterocycles. The molecule has 1 aromatic carbocycles.